The van der Waals surface area contributed by atoms with Crippen LogP contribution in [0.5, 0.6) is 0 Å². The zero-order chi connectivity index (χ0) is 37.0. The summed E-state index contributed by atoms with van der Waals surface area (Å²) in [5.41, 5.74) is 17.3. The maximum absolute atomic E-state index is 3.67. The van der Waals surface area contributed by atoms with Gasteiger partial charge in [0.25, 0.3) is 0 Å². The van der Waals surface area contributed by atoms with Crippen molar-refractivity contribution in [3.05, 3.63) is 153 Å². The van der Waals surface area contributed by atoms with Crippen LogP contribution in [0.2, 0.25) is 0 Å². The van der Waals surface area contributed by atoms with Crippen LogP contribution >= 0.6 is 0 Å². The van der Waals surface area contributed by atoms with Gasteiger partial charge >= 0.3 is 112 Å². The second-order valence-electron chi connectivity index (χ2n) is 17.2. The first-order valence-electron chi connectivity index (χ1n) is 18.6. The predicted molar refractivity (Wildman–Crippen MR) is 215 cm³/mol. The van der Waals surface area contributed by atoms with Crippen molar-refractivity contribution in [2.45, 2.75) is 120 Å². The Labute approximate surface area is 320 Å². The Balaban J connectivity index is 0.000000174. The molecule has 0 amide bonds. The third-order valence-corrected chi connectivity index (χ3v) is 11.2. The molecule has 4 aromatic carbocycles. The van der Waals surface area contributed by atoms with Gasteiger partial charge in [0.15, 0.2) is 0 Å². The fourth-order valence-corrected chi connectivity index (χ4v) is 7.31. The van der Waals surface area contributed by atoms with E-state index in [1.807, 2.05) is 0 Å². The van der Waals surface area contributed by atoms with Gasteiger partial charge in [-0.05, 0) is 28.4 Å². The standard InChI is InChI=1S/C21H25.C15H14.C13H21.Zr/c1-20(2,3)16-7-9-18-14(12-16)11-15-13-17(21(4,5)6)8-10-19(15)18;1-12-3-7-14(8-4-12)11-15-9-5-13(2)6-10-15;1-6-10-8-11(7-2)12(9-10)13(3,4)5;/h7-10,12H,11H2,1-6H3;3-10H,1-2H3;9-10H,6-7H2,1-5H3;/q-1;;-1;+2. The molecule has 0 nitrogen and oxygen atoms in total. The molecule has 0 bridgehead atoms. The van der Waals surface area contributed by atoms with Crippen molar-refractivity contribution in [2.75, 3.05) is 0 Å². The summed E-state index contributed by atoms with van der Waals surface area (Å²) in [5, 5.41) is 0. The van der Waals surface area contributed by atoms with Crippen LogP contribution in [0.15, 0.2) is 96.1 Å². The number of aryl methyl sites for hydroxylation is 2. The quantitative estimate of drug-likeness (QED) is 0.161. The Bertz CT molecular complexity index is 1730. The Kier molecular flexibility index (Phi) is 12.9. The molecule has 0 aliphatic heterocycles. The Morgan fingerprint density at radius 2 is 1.22 bits per heavy atom. The van der Waals surface area contributed by atoms with E-state index in [0.29, 0.717) is 11.3 Å². The fourth-order valence-electron chi connectivity index (χ4n) is 6.49. The molecule has 1 heteroatoms. The molecule has 0 heterocycles. The molecule has 0 saturated heterocycles. The molecule has 2 aliphatic rings. The van der Waals surface area contributed by atoms with Crippen molar-refractivity contribution in [3.63, 3.8) is 0 Å². The van der Waals surface area contributed by atoms with E-state index in [-0.39, 0.29) is 10.8 Å². The zero-order valence-corrected chi connectivity index (χ0v) is 35.7. The maximum atomic E-state index is 3.67. The van der Waals surface area contributed by atoms with Crippen molar-refractivity contribution >= 4 is 3.21 Å². The fraction of sp³-hybridized carbons (Fsp3) is 0.408. The molecule has 0 fully saturated rings. The van der Waals surface area contributed by atoms with Gasteiger partial charge in [0.2, 0.25) is 0 Å². The van der Waals surface area contributed by atoms with Crippen LogP contribution < -0.4 is 0 Å². The molecule has 0 saturated carbocycles. The minimum absolute atomic E-state index is 0.167. The molecule has 0 spiro atoms. The van der Waals surface area contributed by atoms with E-state index in [0.717, 1.165) is 12.8 Å². The van der Waals surface area contributed by atoms with E-state index in [2.05, 4.69) is 187 Å². The van der Waals surface area contributed by atoms with Gasteiger partial charge in [0.1, 0.15) is 0 Å². The van der Waals surface area contributed by atoms with Gasteiger partial charge in [0, 0.05) is 0 Å². The average molecular weight is 740 g/mol. The SMILES string of the molecule is CC(C)(C)c1[c-]c2c(cc1)-c1ccc(C(C)(C)C)cc1C2.CCC1=[C-]C(CC)C=C1C(C)(C)C.Cc1ccc([C](=[Zr+2])c2ccc(C)cc2)cc1. The molecule has 1 unspecified atom stereocenters. The van der Waals surface area contributed by atoms with E-state index < -0.39 is 0 Å². The van der Waals surface area contributed by atoms with Crippen LogP contribution in [0.3, 0.4) is 0 Å². The van der Waals surface area contributed by atoms with Gasteiger partial charge in [-0.15, -0.1) is 11.1 Å². The van der Waals surface area contributed by atoms with Gasteiger partial charge in [-0.3, -0.25) is 6.08 Å². The van der Waals surface area contributed by atoms with Crippen LogP contribution in [0.25, 0.3) is 11.1 Å². The van der Waals surface area contributed by atoms with E-state index >= 15 is 0 Å². The van der Waals surface area contributed by atoms with Gasteiger partial charge in [-0.2, -0.15) is 35.4 Å². The Morgan fingerprint density at radius 1 is 0.680 bits per heavy atom. The third-order valence-electron chi connectivity index (χ3n) is 9.80. The van der Waals surface area contributed by atoms with Gasteiger partial charge in [0.05, 0.1) is 0 Å². The topological polar surface area (TPSA) is 0 Å². The zero-order valence-electron chi connectivity index (χ0n) is 33.3. The van der Waals surface area contributed by atoms with Crippen LogP contribution in [-0.4, -0.2) is 3.21 Å². The first kappa shape index (κ1) is 39.9. The summed E-state index contributed by atoms with van der Waals surface area (Å²) in [6.07, 6.45) is 9.31. The van der Waals surface area contributed by atoms with Crippen LogP contribution in [0, 0.1) is 37.3 Å². The second-order valence-corrected chi connectivity index (χ2v) is 18.5. The van der Waals surface area contributed by atoms with Gasteiger partial charge < -0.3 is 0 Å². The molecule has 6 rings (SSSR count). The molecule has 260 valence electrons. The molecule has 0 N–H and O–H groups in total. The molecular weight excluding hydrogens is 680 g/mol. The van der Waals surface area contributed by atoms with E-state index in [9.17, 15) is 0 Å². The second kappa shape index (κ2) is 16.2. The van der Waals surface area contributed by atoms with Crippen molar-refractivity contribution in [3.8, 4) is 11.1 Å². The molecule has 0 aromatic heterocycles. The van der Waals surface area contributed by atoms with Gasteiger partial charge in [-0.1, -0.05) is 124 Å². The van der Waals surface area contributed by atoms with Gasteiger partial charge in [-0.25, -0.2) is 5.57 Å². The van der Waals surface area contributed by atoms with Crippen LogP contribution in [0.1, 0.15) is 134 Å². The molecule has 1 atom stereocenters. The summed E-state index contributed by atoms with van der Waals surface area (Å²) in [4.78, 5) is 0. The number of rotatable bonds is 4. The summed E-state index contributed by atoms with van der Waals surface area (Å²) < 4.78 is 1.42. The molecule has 0 radical (unpaired) electrons. The number of hydrogen-bond acceptors (Lipinski definition) is 0. The van der Waals surface area contributed by atoms with Crippen LogP contribution in [0.4, 0.5) is 0 Å². The summed E-state index contributed by atoms with van der Waals surface area (Å²) in [6, 6.07) is 32.7. The van der Waals surface area contributed by atoms with Crippen molar-refractivity contribution in [1.82, 2.24) is 0 Å². The van der Waals surface area contributed by atoms with Crippen molar-refractivity contribution in [1.29, 1.82) is 0 Å². The molecule has 4 aromatic rings. The summed E-state index contributed by atoms with van der Waals surface area (Å²) in [6.45, 7) is 29.2. The summed E-state index contributed by atoms with van der Waals surface area (Å²) in [7, 11) is 0. The monoisotopic (exact) mass is 738 g/mol. The summed E-state index contributed by atoms with van der Waals surface area (Å²) in [5.74, 6) is 0.573. The van der Waals surface area contributed by atoms with Crippen molar-refractivity contribution in [2.24, 2.45) is 11.3 Å². The number of fused-ring (bicyclic) bond motifs is 3. The molecule has 2 aliphatic carbocycles. The molecule has 50 heavy (non-hydrogen) atoms. The van der Waals surface area contributed by atoms with Crippen molar-refractivity contribution < 1.29 is 24.2 Å². The Hall–Kier alpha value is -2.89. The normalized spacial score (nSPS) is 15.1. The summed E-state index contributed by atoms with van der Waals surface area (Å²) >= 11 is 1.46. The van der Waals surface area contributed by atoms with E-state index in [1.54, 1.807) is 0 Å². The first-order chi connectivity index (χ1) is 23.3. The number of allylic oxidation sites excluding steroid dienone is 4. The molecular formula is C49H60Zr. The third kappa shape index (κ3) is 10.1. The number of benzene rings is 4. The van der Waals surface area contributed by atoms with E-state index in [1.165, 1.54) is 101 Å². The van der Waals surface area contributed by atoms with E-state index in [4.69, 9.17) is 0 Å². The first-order valence-corrected chi connectivity index (χ1v) is 19.8. The predicted octanol–water partition coefficient (Wildman–Crippen LogP) is 13.2. The Morgan fingerprint density at radius 3 is 1.66 bits per heavy atom. The van der Waals surface area contributed by atoms with Crippen LogP contribution in [-0.2, 0) is 41.5 Å². The minimum atomic E-state index is 0.167. The number of hydrogen-bond donors (Lipinski definition) is 0. The average Bonchev–Trinajstić information content (AvgIpc) is 3.66.